The van der Waals surface area contributed by atoms with Crippen LogP contribution in [0.5, 0.6) is 0 Å². The van der Waals surface area contributed by atoms with Gasteiger partial charge in [0.2, 0.25) is 0 Å². The number of hydrogen-bond acceptors (Lipinski definition) is 2. The van der Waals surface area contributed by atoms with Crippen LogP contribution in [0.15, 0.2) is 20.1 Å². The molecule has 0 saturated heterocycles. The van der Waals surface area contributed by atoms with E-state index in [1.165, 1.54) is 5.57 Å². The molecular formula is C5H9IN2. The Labute approximate surface area is 63.6 Å². The number of hydrogen-bond donors (Lipinski definition) is 0. The molecule has 46 valence electrons. The van der Waals surface area contributed by atoms with Gasteiger partial charge in [-0.05, 0) is 13.8 Å². The zero-order valence-electron chi connectivity index (χ0n) is 5.06. The molecule has 0 amide bonds. The average Bonchev–Trinajstić information content (AvgIpc) is 1.66. The molecule has 0 atom stereocenters. The molecule has 0 aromatic carbocycles. The van der Waals surface area contributed by atoms with Crippen molar-refractivity contribution in [3.63, 3.8) is 0 Å². The first-order valence-electron chi connectivity index (χ1n) is 2.38. The van der Waals surface area contributed by atoms with E-state index in [-0.39, 0.29) is 0 Å². The Morgan fingerprint density at radius 1 is 1.62 bits per heavy atom. The van der Waals surface area contributed by atoms with Crippen LogP contribution in [-0.2, 0) is 0 Å². The third kappa shape index (κ3) is 6.07. The van der Waals surface area contributed by atoms with Crippen LogP contribution in [0.4, 0.5) is 0 Å². The quantitative estimate of drug-likeness (QED) is 0.391. The zero-order valence-corrected chi connectivity index (χ0v) is 7.21. The smallest absolute Gasteiger partial charge is 0.111 e. The minimum atomic E-state index is 0.714. The van der Waals surface area contributed by atoms with Crippen molar-refractivity contribution in [2.75, 3.05) is 6.54 Å². The van der Waals surface area contributed by atoms with E-state index < -0.39 is 0 Å². The second kappa shape index (κ2) is 5.21. The van der Waals surface area contributed by atoms with E-state index in [0.29, 0.717) is 6.54 Å². The summed E-state index contributed by atoms with van der Waals surface area (Å²) < 4.78 is 3.56. The van der Waals surface area contributed by atoms with Gasteiger partial charge in [-0.1, -0.05) is 11.6 Å². The van der Waals surface area contributed by atoms with E-state index in [9.17, 15) is 0 Å². The monoisotopic (exact) mass is 224 g/mol. The van der Waals surface area contributed by atoms with E-state index in [1.54, 1.807) is 0 Å². The molecule has 2 nitrogen and oxygen atoms in total. The van der Waals surface area contributed by atoms with Crippen LogP contribution in [0.1, 0.15) is 13.8 Å². The number of rotatable bonds is 2. The summed E-state index contributed by atoms with van der Waals surface area (Å²) in [5.41, 5.74) is 1.29. The van der Waals surface area contributed by atoms with Crippen molar-refractivity contribution in [1.29, 1.82) is 0 Å². The summed E-state index contributed by atoms with van der Waals surface area (Å²) in [4.78, 5) is 0. The Bertz CT molecular complexity index is 103. The summed E-state index contributed by atoms with van der Waals surface area (Å²) in [5.74, 6) is 0. The zero-order chi connectivity index (χ0) is 6.41. The topological polar surface area (TPSA) is 24.7 Å². The first kappa shape index (κ1) is 8.07. The molecule has 0 radical (unpaired) electrons. The molecule has 0 aliphatic heterocycles. The minimum absolute atomic E-state index is 0.714. The van der Waals surface area contributed by atoms with Crippen LogP contribution in [-0.4, -0.2) is 6.54 Å². The highest BCUT2D eigenvalue weighted by atomic mass is 127. The Kier molecular flexibility index (Phi) is 5.26. The van der Waals surface area contributed by atoms with Crippen molar-refractivity contribution in [2.45, 2.75) is 13.8 Å². The lowest BCUT2D eigenvalue weighted by Crippen LogP contribution is -1.69. The van der Waals surface area contributed by atoms with Gasteiger partial charge in [0, 0.05) is 0 Å². The van der Waals surface area contributed by atoms with E-state index in [1.807, 2.05) is 42.8 Å². The summed E-state index contributed by atoms with van der Waals surface area (Å²) in [7, 11) is 0. The molecule has 0 heterocycles. The molecule has 8 heavy (non-hydrogen) atoms. The van der Waals surface area contributed by atoms with E-state index in [2.05, 4.69) is 8.44 Å². The van der Waals surface area contributed by atoms with Gasteiger partial charge in [0.1, 0.15) is 22.9 Å². The first-order chi connectivity index (χ1) is 3.77. The largest absolute Gasteiger partial charge is 0.179 e. The van der Waals surface area contributed by atoms with Crippen LogP contribution in [0, 0.1) is 0 Å². The molecule has 3 heteroatoms. The van der Waals surface area contributed by atoms with Crippen LogP contribution < -0.4 is 0 Å². The summed E-state index contributed by atoms with van der Waals surface area (Å²) in [5, 5.41) is 3.75. The van der Waals surface area contributed by atoms with Gasteiger partial charge < -0.3 is 0 Å². The third-order valence-electron chi connectivity index (χ3n) is 0.635. The summed E-state index contributed by atoms with van der Waals surface area (Å²) in [6.45, 7) is 4.80. The van der Waals surface area contributed by atoms with Gasteiger partial charge in [-0.3, -0.25) is 0 Å². The lowest BCUT2D eigenvalue weighted by molar-refractivity contribution is 1.12. The van der Waals surface area contributed by atoms with Crippen LogP contribution in [0.25, 0.3) is 0 Å². The molecule has 0 bridgehead atoms. The normalized spacial score (nSPS) is 9.88. The highest BCUT2D eigenvalue weighted by Crippen LogP contribution is 1.90. The van der Waals surface area contributed by atoms with Crippen molar-refractivity contribution in [3.05, 3.63) is 11.6 Å². The molecule has 0 unspecified atom stereocenters. The summed E-state index contributed by atoms with van der Waals surface area (Å²) >= 11 is 1.86. The SMILES string of the molecule is CC(C)=CCN=NI. The van der Waals surface area contributed by atoms with Crippen molar-refractivity contribution in [2.24, 2.45) is 8.44 Å². The fourth-order valence-corrected chi connectivity index (χ4v) is 0.430. The number of allylic oxidation sites excluding steroid dienone is 1. The van der Waals surface area contributed by atoms with Crippen molar-refractivity contribution < 1.29 is 0 Å². The molecule has 0 saturated carbocycles. The second-order valence-electron chi connectivity index (χ2n) is 1.68. The fraction of sp³-hybridized carbons (Fsp3) is 0.600. The predicted octanol–water partition coefficient (Wildman–Crippen LogP) is 2.75. The molecule has 0 aliphatic rings. The lowest BCUT2D eigenvalue weighted by atomic mass is 10.3. The second-order valence-corrected chi connectivity index (χ2v) is 2.11. The standard InChI is InChI=1S/C5H9IN2/c1-5(2)3-4-7-8-6/h3H,4H2,1-2H3. The Morgan fingerprint density at radius 2 is 2.25 bits per heavy atom. The van der Waals surface area contributed by atoms with Gasteiger partial charge in [-0.25, -0.2) is 0 Å². The van der Waals surface area contributed by atoms with E-state index in [4.69, 9.17) is 0 Å². The third-order valence-corrected chi connectivity index (χ3v) is 0.940. The fourth-order valence-electron chi connectivity index (χ4n) is 0.254. The Morgan fingerprint density at radius 3 is 2.62 bits per heavy atom. The Hall–Kier alpha value is 0.0700. The highest BCUT2D eigenvalue weighted by molar-refractivity contribution is 14.1. The van der Waals surface area contributed by atoms with Crippen molar-refractivity contribution >= 4 is 22.9 Å². The predicted molar refractivity (Wildman–Crippen MR) is 43.2 cm³/mol. The van der Waals surface area contributed by atoms with Crippen LogP contribution >= 0.6 is 22.9 Å². The maximum atomic E-state index is 3.75. The van der Waals surface area contributed by atoms with E-state index >= 15 is 0 Å². The van der Waals surface area contributed by atoms with Crippen molar-refractivity contribution in [3.8, 4) is 0 Å². The van der Waals surface area contributed by atoms with Gasteiger partial charge in [-0.15, -0.1) is 3.33 Å². The van der Waals surface area contributed by atoms with Gasteiger partial charge in [-0.2, -0.15) is 5.11 Å². The highest BCUT2D eigenvalue weighted by Gasteiger charge is 1.72. The molecule has 0 aromatic rings. The van der Waals surface area contributed by atoms with E-state index in [0.717, 1.165) is 0 Å². The molecule has 0 aliphatic carbocycles. The van der Waals surface area contributed by atoms with Gasteiger partial charge in [0.05, 0.1) is 6.54 Å². The molecular weight excluding hydrogens is 215 g/mol. The minimum Gasteiger partial charge on any atom is -0.179 e. The van der Waals surface area contributed by atoms with Crippen LogP contribution in [0.2, 0.25) is 0 Å². The maximum Gasteiger partial charge on any atom is 0.111 e. The Balaban J connectivity index is 3.30. The summed E-state index contributed by atoms with van der Waals surface area (Å²) in [6.07, 6.45) is 2.03. The average molecular weight is 224 g/mol. The van der Waals surface area contributed by atoms with Crippen molar-refractivity contribution in [1.82, 2.24) is 0 Å². The van der Waals surface area contributed by atoms with Gasteiger partial charge in [0.25, 0.3) is 0 Å². The number of halogens is 1. The molecule has 0 aromatic heterocycles. The number of nitrogens with zero attached hydrogens (tertiary/aromatic N) is 2. The molecule has 0 fully saturated rings. The molecule has 0 N–H and O–H groups in total. The molecule has 0 rings (SSSR count). The molecule has 0 spiro atoms. The lowest BCUT2D eigenvalue weighted by Gasteiger charge is -1.82. The maximum absolute atomic E-state index is 3.75. The van der Waals surface area contributed by atoms with Gasteiger partial charge in [0.15, 0.2) is 0 Å². The first-order valence-corrected chi connectivity index (χ1v) is 3.35. The summed E-state index contributed by atoms with van der Waals surface area (Å²) in [6, 6.07) is 0. The van der Waals surface area contributed by atoms with Gasteiger partial charge >= 0.3 is 0 Å². The van der Waals surface area contributed by atoms with Crippen LogP contribution in [0.3, 0.4) is 0 Å².